The van der Waals surface area contributed by atoms with Crippen molar-refractivity contribution >= 4 is 34.5 Å². The number of carbonyl (C=O) groups excluding carboxylic acids is 1. The first kappa shape index (κ1) is 32.1. The van der Waals surface area contributed by atoms with Crippen LogP contribution in [0.25, 0.3) is 5.70 Å². The summed E-state index contributed by atoms with van der Waals surface area (Å²) in [6.07, 6.45) is 1.65. The van der Waals surface area contributed by atoms with Crippen molar-refractivity contribution < 1.29 is 9.18 Å². The molecule has 0 unspecified atom stereocenters. The van der Waals surface area contributed by atoms with E-state index in [1.807, 2.05) is 24.2 Å². The lowest BCUT2D eigenvalue weighted by Crippen LogP contribution is -2.46. The second-order valence-electron chi connectivity index (χ2n) is 9.72. The molecule has 1 aliphatic heterocycles. The Morgan fingerprint density at radius 1 is 1.18 bits per heavy atom. The summed E-state index contributed by atoms with van der Waals surface area (Å²) in [7, 11) is 3.71. The fourth-order valence-corrected chi connectivity index (χ4v) is 4.19. The van der Waals surface area contributed by atoms with Gasteiger partial charge in [-0.3, -0.25) is 9.80 Å². The number of hydrogen-bond donors (Lipinski definition) is 3. The molecule has 1 amide bonds. The Morgan fingerprint density at radius 3 is 2.36 bits per heavy atom. The number of nitrogens with one attached hydrogen (secondary N) is 3. The van der Waals surface area contributed by atoms with E-state index >= 15 is 0 Å². The van der Waals surface area contributed by atoms with E-state index in [2.05, 4.69) is 55.1 Å². The van der Waals surface area contributed by atoms with Gasteiger partial charge in [-0.1, -0.05) is 63.0 Å². The number of rotatable bonds is 12. The lowest BCUT2D eigenvalue weighted by atomic mass is 10.1. The summed E-state index contributed by atoms with van der Waals surface area (Å²) in [4.78, 5) is 15.3. The van der Waals surface area contributed by atoms with Gasteiger partial charge in [0.05, 0.1) is 17.2 Å². The molecule has 0 saturated carbocycles. The third-order valence-corrected chi connectivity index (χ3v) is 6.28. The zero-order valence-corrected chi connectivity index (χ0v) is 24.7. The van der Waals surface area contributed by atoms with Crippen molar-refractivity contribution in [3.05, 3.63) is 84.2 Å². The zero-order chi connectivity index (χ0) is 28.9. The molecular formula is C30H43FN6OS. The van der Waals surface area contributed by atoms with Crippen LogP contribution in [0.2, 0.25) is 0 Å². The van der Waals surface area contributed by atoms with Crippen molar-refractivity contribution in [1.82, 2.24) is 26.0 Å². The summed E-state index contributed by atoms with van der Waals surface area (Å²) in [5.74, 6) is -0.548. The predicted octanol–water partition coefficient (Wildman–Crippen LogP) is 4.32. The molecule has 0 radical (unpaired) electrons. The maximum Gasteiger partial charge on any atom is 0.256 e. The van der Waals surface area contributed by atoms with Gasteiger partial charge in [-0.15, -0.1) is 6.58 Å². The minimum absolute atomic E-state index is 0.0157. The number of hydrazine groups is 1. The number of amides is 1. The van der Waals surface area contributed by atoms with Crippen LogP contribution in [0, 0.1) is 5.82 Å². The molecule has 3 rings (SSSR count). The van der Waals surface area contributed by atoms with Gasteiger partial charge in [0.25, 0.3) is 5.91 Å². The summed E-state index contributed by atoms with van der Waals surface area (Å²) >= 11 is 5.06. The van der Waals surface area contributed by atoms with Gasteiger partial charge in [-0.25, -0.2) is 9.40 Å². The molecular weight excluding hydrogens is 511 g/mol. The molecule has 0 atom stereocenters. The predicted molar refractivity (Wildman–Crippen MR) is 165 cm³/mol. The molecule has 0 aliphatic carbocycles. The summed E-state index contributed by atoms with van der Waals surface area (Å²) < 4.78 is 14.7. The van der Waals surface area contributed by atoms with Crippen LogP contribution in [0.3, 0.4) is 0 Å². The number of benzene rings is 2. The summed E-state index contributed by atoms with van der Waals surface area (Å²) in [5.41, 5.74) is 4.01. The Hall–Kier alpha value is -3.11. The maximum atomic E-state index is 14.7. The number of halogens is 1. The number of nitrogens with zero attached hydrogens (tertiary/aromatic N) is 3. The number of hydrogen-bond acceptors (Lipinski definition) is 6. The van der Waals surface area contributed by atoms with E-state index in [-0.39, 0.29) is 12.5 Å². The fourth-order valence-electron chi connectivity index (χ4n) is 4.07. The lowest BCUT2D eigenvalue weighted by Gasteiger charge is -2.31. The van der Waals surface area contributed by atoms with Gasteiger partial charge in [0.2, 0.25) is 0 Å². The molecule has 39 heavy (non-hydrogen) atoms. The number of anilines is 1. The van der Waals surface area contributed by atoms with E-state index in [9.17, 15) is 9.18 Å². The van der Waals surface area contributed by atoms with Crippen LogP contribution in [-0.2, 0) is 17.9 Å². The molecule has 212 valence electrons. The quantitative estimate of drug-likeness (QED) is 0.205. The average Bonchev–Trinajstić information content (AvgIpc) is 3.32. The van der Waals surface area contributed by atoms with E-state index < -0.39 is 5.82 Å². The van der Waals surface area contributed by atoms with E-state index in [1.54, 1.807) is 42.1 Å². The number of fused-ring (bicyclic) bond motifs is 1. The van der Waals surface area contributed by atoms with Crippen LogP contribution in [0.5, 0.6) is 0 Å². The van der Waals surface area contributed by atoms with E-state index in [0.717, 1.165) is 13.1 Å². The Kier molecular flexibility index (Phi) is 13.3. The summed E-state index contributed by atoms with van der Waals surface area (Å²) in [5, 5.41) is 12.9. The maximum absolute atomic E-state index is 14.7. The first-order valence-corrected chi connectivity index (χ1v) is 13.6. The summed E-state index contributed by atoms with van der Waals surface area (Å²) in [6, 6.07) is 13.4. The Bertz CT molecular complexity index is 1110. The standard InChI is InChI=1S/C24H27FN4OS.C6H16N2/c1-5-12-28(23-13-19(10-11-22(23)25)17(2)26-18(3)31)16-24(30)27(4)29-14-20-8-6-7-9-21(20)15-29;1-6(2)8-5-4-7-3/h5-11,13H,1-2,12,14-16H2,3-4H3,(H,26,31);6-8H,4-5H2,1-3H3. The molecule has 1 heterocycles. The molecule has 0 bridgehead atoms. The second kappa shape index (κ2) is 16.1. The van der Waals surface area contributed by atoms with Gasteiger partial charge in [-0.05, 0) is 48.9 Å². The zero-order valence-electron chi connectivity index (χ0n) is 23.9. The molecule has 2 aromatic carbocycles. The topological polar surface area (TPSA) is 62.9 Å². The van der Waals surface area contributed by atoms with Crippen molar-refractivity contribution in [3.63, 3.8) is 0 Å². The second-order valence-corrected chi connectivity index (χ2v) is 10.3. The van der Waals surface area contributed by atoms with Crippen LogP contribution in [0.15, 0.2) is 61.7 Å². The van der Waals surface area contributed by atoms with E-state index in [4.69, 9.17) is 12.2 Å². The highest BCUT2D eigenvalue weighted by atomic mass is 32.1. The smallest absolute Gasteiger partial charge is 0.256 e. The van der Waals surface area contributed by atoms with E-state index in [0.29, 0.717) is 47.6 Å². The molecule has 3 N–H and O–H groups in total. The molecule has 0 aromatic heterocycles. The first-order chi connectivity index (χ1) is 18.6. The summed E-state index contributed by atoms with van der Waals surface area (Å²) in [6.45, 7) is 17.6. The molecule has 2 aromatic rings. The van der Waals surface area contributed by atoms with Crippen LogP contribution in [-0.4, -0.2) is 67.2 Å². The van der Waals surface area contributed by atoms with Crippen molar-refractivity contribution in [1.29, 1.82) is 0 Å². The SMILES string of the molecule is C=CCN(CC(=O)N(C)N1Cc2ccccc2C1)c1cc(C(=C)NC(C)=S)ccc1F.CNCCNC(C)C. The van der Waals surface area contributed by atoms with Gasteiger partial charge >= 0.3 is 0 Å². The first-order valence-electron chi connectivity index (χ1n) is 13.2. The van der Waals surface area contributed by atoms with Gasteiger partial charge in [-0.2, -0.15) is 0 Å². The van der Waals surface area contributed by atoms with Gasteiger partial charge in [0, 0.05) is 51.5 Å². The molecule has 7 nitrogen and oxygen atoms in total. The highest BCUT2D eigenvalue weighted by Crippen LogP contribution is 2.26. The average molecular weight is 555 g/mol. The number of thiocarbonyl (C=S) groups is 1. The Morgan fingerprint density at radius 2 is 1.82 bits per heavy atom. The fraction of sp³-hybridized carbons (Fsp3) is 0.400. The van der Waals surface area contributed by atoms with Gasteiger partial charge in [0.15, 0.2) is 0 Å². The molecule has 0 spiro atoms. The molecule has 0 saturated heterocycles. The number of likely N-dealkylation sites (N-methyl/N-ethyl adjacent to an activating group) is 2. The van der Waals surface area contributed by atoms with Crippen molar-refractivity contribution in [2.45, 2.75) is 39.9 Å². The highest BCUT2D eigenvalue weighted by molar-refractivity contribution is 7.80. The molecule has 0 fully saturated rings. The number of carbonyl (C=O) groups is 1. The largest absolute Gasteiger partial charge is 0.356 e. The van der Waals surface area contributed by atoms with E-state index in [1.165, 1.54) is 17.2 Å². The van der Waals surface area contributed by atoms with Crippen molar-refractivity contribution in [2.75, 3.05) is 45.2 Å². The Labute approximate surface area is 238 Å². The van der Waals surface area contributed by atoms with Crippen LogP contribution in [0.1, 0.15) is 37.5 Å². The van der Waals surface area contributed by atoms with Crippen LogP contribution < -0.4 is 20.9 Å². The van der Waals surface area contributed by atoms with Crippen LogP contribution in [0.4, 0.5) is 10.1 Å². The minimum atomic E-state index is -0.415. The van der Waals surface area contributed by atoms with Gasteiger partial charge < -0.3 is 20.9 Å². The highest BCUT2D eigenvalue weighted by Gasteiger charge is 2.26. The monoisotopic (exact) mass is 554 g/mol. The van der Waals surface area contributed by atoms with Crippen LogP contribution >= 0.6 is 12.2 Å². The molecule has 9 heteroatoms. The molecule has 1 aliphatic rings. The van der Waals surface area contributed by atoms with Gasteiger partial charge in [0.1, 0.15) is 5.82 Å². The lowest BCUT2D eigenvalue weighted by molar-refractivity contribution is -0.145. The third-order valence-electron chi connectivity index (χ3n) is 6.17. The van der Waals surface area contributed by atoms with Crippen molar-refractivity contribution in [3.8, 4) is 0 Å². The van der Waals surface area contributed by atoms with Crippen molar-refractivity contribution in [2.24, 2.45) is 0 Å². The normalized spacial score (nSPS) is 12.3. The third kappa shape index (κ3) is 10.2. The minimum Gasteiger partial charge on any atom is -0.356 e. The Balaban J connectivity index is 0.000000580.